The van der Waals surface area contributed by atoms with Gasteiger partial charge in [0.05, 0.1) is 4.90 Å². The van der Waals surface area contributed by atoms with E-state index in [0.29, 0.717) is 37.4 Å². The van der Waals surface area contributed by atoms with Crippen molar-refractivity contribution in [3.8, 4) is 11.5 Å². The maximum atomic E-state index is 13.8. The van der Waals surface area contributed by atoms with Gasteiger partial charge in [0.1, 0.15) is 11.9 Å². The van der Waals surface area contributed by atoms with Gasteiger partial charge in [0, 0.05) is 37.2 Å². The topological polar surface area (TPSA) is 126 Å². The average molecular weight is 556 g/mol. The smallest absolute Gasteiger partial charge is 0.247 e. The van der Waals surface area contributed by atoms with Crippen LogP contribution in [0.1, 0.15) is 62.3 Å². The van der Waals surface area contributed by atoms with Gasteiger partial charge >= 0.3 is 0 Å². The van der Waals surface area contributed by atoms with Crippen LogP contribution in [0.5, 0.6) is 0 Å². The molecule has 2 aromatic carbocycles. The summed E-state index contributed by atoms with van der Waals surface area (Å²) in [5.74, 6) is 0.316. The SMILES string of the molecule is Cc1nnc(-c2cccc(S(=O)(=O)N[C@@H](CC3CCCCC3)C(=O)NCCC3CNc4ccc(F)cc43)c2)o1. The molecule has 0 bridgehead atoms. The molecule has 1 saturated carbocycles. The molecule has 11 heteroatoms. The molecule has 0 saturated heterocycles. The lowest BCUT2D eigenvalue weighted by Gasteiger charge is -2.26. The van der Waals surface area contributed by atoms with Crippen molar-refractivity contribution in [3.05, 3.63) is 59.7 Å². The molecule has 1 aliphatic carbocycles. The Morgan fingerprint density at radius 3 is 2.74 bits per heavy atom. The summed E-state index contributed by atoms with van der Waals surface area (Å²) in [7, 11) is -4.02. The molecular formula is C28H34FN5O4S. The standard InChI is InChI=1S/C28H34FN5O4S/c1-18-32-33-28(38-18)20-8-5-9-23(15-20)39(36,37)34-26(14-19-6-3-2-4-7-19)27(35)30-13-12-21-17-31-25-11-10-22(29)16-24(21)25/h5,8-11,15-16,19,21,26,31,34H,2-4,6-7,12-14,17H2,1H3,(H,30,35)/t21?,26-/m0/s1. The van der Waals surface area contributed by atoms with Crippen molar-refractivity contribution in [2.75, 3.05) is 18.4 Å². The minimum Gasteiger partial charge on any atom is -0.421 e. The highest BCUT2D eigenvalue weighted by Gasteiger charge is 2.30. The number of carbonyl (C=O) groups excluding carboxylic acids is 1. The fraction of sp³-hybridized carbons (Fsp3) is 0.464. The van der Waals surface area contributed by atoms with Crippen LogP contribution in [0.15, 0.2) is 51.8 Å². The van der Waals surface area contributed by atoms with E-state index in [1.807, 2.05) is 0 Å². The van der Waals surface area contributed by atoms with Crippen molar-refractivity contribution in [2.45, 2.75) is 68.7 Å². The molecule has 208 valence electrons. The maximum Gasteiger partial charge on any atom is 0.247 e. The van der Waals surface area contributed by atoms with Crippen LogP contribution in [0.2, 0.25) is 0 Å². The Kier molecular flexibility index (Phi) is 8.27. The van der Waals surface area contributed by atoms with Crippen LogP contribution in [0.25, 0.3) is 11.5 Å². The number of rotatable bonds is 10. The van der Waals surface area contributed by atoms with Gasteiger partial charge in [-0.3, -0.25) is 4.79 Å². The van der Waals surface area contributed by atoms with E-state index in [-0.39, 0.29) is 34.3 Å². The lowest BCUT2D eigenvalue weighted by molar-refractivity contribution is -0.123. The molecule has 2 aliphatic rings. The average Bonchev–Trinajstić information content (AvgIpc) is 3.54. The van der Waals surface area contributed by atoms with E-state index in [1.165, 1.54) is 30.7 Å². The zero-order valence-electron chi connectivity index (χ0n) is 22.0. The first-order chi connectivity index (χ1) is 18.8. The van der Waals surface area contributed by atoms with Crippen molar-refractivity contribution in [3.63, 3.8) is 0 Å². The quantitative estimate of drug-likeness (QED) is 0.336. The number of halogens is 1. The molecule has 1 fully saturated rings. The van der Waals surface area contributed by atoms with Gasteiger partial charge in [-0.15, -0.1) is 10.2 Å². The molecule has 39 heavy (non-hydrogen) atoms. The molecule has 1 amide bonds. The number of benzene rings is 2. The van der Waals surface area contributed by atoms with Gasteiger partial charge in [0.2, 0.25) is 27.7 Å². The first-order valence-electron chi connectivity index (χ1n) is 13.5. The number of hydrogen-bond acceptors (Lipinski definition) is 7. The highest BCUT2D eigenvalue weighted by atomic mass is 32.2. The number of nitrogens with zero attached hydrogens (tertiary/aromatic N) is 2. The van der Waals surface area contributed by atoms with Gasteiger partial charge < -0.3 is 15.1 Å². The predicted molar refractivity (Wildman–Crippen MR) is 145 cm³/mol. The van der Waals surface area contributed by atoms with E-state index in [4.69, 9.17) is 4.42 Å². The highest BCUT2D eigenvalue weighted by Crippen LogP contribution is 2.34. The van der Waals surface area contributed by atoms with Gasteiger partial charge in [-0.05, 0) is 60.7 Å². The van der Waals surface area contributed by atoms with Crippen LogP contribution in [0.3, 0.4) is 0 Å². The van der Waals surface area contributed by atoms with E-state index in [2.05, 4.69) is 25.6 Å². The third kappa shape index (κ3) is 6.65. The summed E-state index contributed by atoms with van der Waals surface area (Å²) in [6.45, 7) is 2.69. The number of hydrogen-bond donors (Lipinski definition) is 3. The van der Waals surface area contributed by atoms with Crippen molar-refractivity contribution < 1.29 is 22.0 Å². The van der Waals surface area contributed by atoms with E-state index in [1.54, 1.807) is 25.1 Å². The summed E-state index contributed by atoms with van der Waals surface area (Å²) in [6.07, 6.45) is 6.35. The lowest BCUT2D eigenvalue weighted by atomic mass is 9.85. The molecule has 1 unspecified atom stereocenters. The molecule has 2 heterocycles. The van der Waals surface area contributed by atoms with E-state index >= 15 is 0 Å². The third-order valence-electron chi connectivity index (χ3n) is 7.61. The molecule has 0 spiro atoms. The normalized spacial score (nSPS) is 18.4. The second-order valence-corrected chi connectivity index (χ2v) is 12.2. The first kappa shape index (κ1) is 27.3. The Hall–Kier alpha value is -3.31. The minimum atomic E-state index is -4.02. The highest BCUT2D eigenvalue weighted by molar-refractivity contribution is 7.89. The summed E-state index contributed by atoms with van der Waals surface area (Å²) in [5.41, 5.74) is 2.29. The molecule has 3 aromatic rings. The number of nitrogens with one attached hydrogen (secondary N) is 3. The molecule has 1 aliphatic heterocycles. The van der Waals surface area contributed by atoms with Crippen LogP contribution in [0, 0.1) is 18.7 Å². The third-order valence-corrected chi connectivity index (χ3v) is 9.08. The van der Waals surface area contributed by atoms with Crippen LogP contribution >= 0.6 is 0 Å². The summed E-state index contributed by atoms with van der Waals surface area (Å²) in [6, 6.07) is 10.0. The second-order valence-electron chi connectivity index (χ2n) is 10.5. The molecule has 3 N–H and O–H groups in total. The number of carbonyl (C=O) groups is 1. The van der Waals surface area contributed by atoms with Gasteiger partial charge in [-0.2, -0.15) is 4.72 Å². The molecule has 5 rings (SSSR count). The van der Waals surface area contributed by atoms with Gasteiger partial charge in [-0.25, -0.2) is 12.8 Å². The number of anilines is 1. The summed E-state index contributed by atoms with van der Waals surface area (Å²) in [5, 5.41) is 14.0. The van der Waals surface area contributed by atoms with Gasteiger partial charge in [-0.1, -0.05) is 38.2 Å². The van der Waals surface area contributed by atoms with E-state index in [9.17, 15) is 17.6 Å². The van der Waals surface area contributed by atoms with Crippen molar-refractivity contribution in [1.82, 2.24) is 20.2 Å². The van der Waals surface area contributed by atoms with Crippen LogP contribution in [-0.4, -0.2) is 43.7 Å². The van der Waals surface area contributed by atoms with Crippen LogP contribution in [-0.2, 0) is 14.8 Å². The molecule has 9 nitrogen and oxygen atoms in total. The fourth-order valence-electron chi connectivity index (χ4n) is 5.56. The maximum absolute atomic E-state index is 13.8. The van der Waals surface area contributed by atoms with Crippen molar-refractivity contribution in [1.29, 1.82) is 0 Å². The second kappa shape index (κ2) is 11.8. The first-order valence-corrected chi connectivity index (χ1v) is 15.0. The Morgan fingerprint density at radius 1 is 1.15 bits per heavy atom. The molecular weight excluding hydrogens is 521 g/mol. The molecule has 2 atom stereocenters. The Morgan fingerprint density at radius 2 is 1.97 bits per heavy atom. The minimum absolute atomic E-state index is 0.0213. The number of aryl methyl sites for hydroxylation is 1. The van der Waals surface area contributed by atoms with Crippen molar-refractivity contribution in [2.24, 2.45) is 5.92 Å². The monoisotopic (exact) mass is 555 g/mol. The molecule has 0 radical (unpaired) electrons. The number of sulfonamides is 1. The van der Waals surface area contributed by atoms with E-state index < -0.39 is 16.1 Å². The molecule has 1 aromatic heterocycles. The Balaban J connectivity index is 1.27. The van der Waals surface area contributed by atoms with Gasteiger partial charge in [0.25, 0.3) is 0 Å². The summed E-state index contributed by atoms with van der Waals surface area (Å²) >= 11 is 0. The van der Waals surface area contributed by atoms with E-state index in [0.717, 1.165) is 36.9 Å². The van der Waals surface area contributed by atoms with Gasteiger partial charge in [0.15, 0.2) is 0 Å². The largest absolute Gasteiger partial charge is 0.421 e. The summed E-state index contributed by atoms with van der Waals surface area (Å²) in [4.78, 5) is 13.4. The fourth-order valence-corrected chi connectivity index (χ4v) is 6.81. The Bertz CT molecular complexity index is 1420. The number of fused-ring (bicyclic) bond motifs is 1. The number of aromatic nitrogens is 2. The Labute approximate surface area is 228 Å². The van der Waals surface area contributed by atoms with Crippen LogP contribution in [0.4, 0.5) is 10.1 Å². The predicted octanol–water partition coefficient (Wildman–Crippen LogP) is 4.52. The lowest BCUT2D eigenvalue weighted by Crippen LogP contribution is -2.48. The zero-order chi connectivity index (χ0) is 27.4. The van der Waals surface area contributed by atoms with Crippen LogP contribution < -0.4 is 15.4 Å². The number of amides is 1. The summed E-state index contributed by atoms with van der Waals surface area (Å²) < 4.78 is 48.7. The zero-order valence-corrected chi connectivity index (χ0v) is 22.8. The van der Waals surface area contributed by atoms with Crippen molar-refractivity contribution >= 4 is 21.6 Å².